The Morgan fingerprint density at radius 3 is 2.35 bits per heavy atom. The highest BCUT2D eigenvalue weighted by Gasteiger charge is 2.25. The molecule has 0 aromatic heterocycles. The van der Waals surface area contributed by atoms with Crippen molar-refractivity contribution in [2.24, 2.45) is 9.78 Å². The molecule has 6 heteroatoms. The van der Waals surface area contributed by atoms with E-state index in [4.69, 9.17) is 0 Å². The van der Waals surface area contributed by atoms with Gasteiger partial charge in [0.15, 0.2) is 0 Å². The number of urea groups is 1. The maximum atomic E-state index is 12.4. The Morgan fingerprint density at radius 1 is 1.35 bits per heavy atom. The monoisotopic (exact) mass is 298 g/mol. The summed E-state index contributed by atoms with van der Waals surface area (Å²) < 4.78 is 16.2. The van der Waals surface area contributed by atoms with Crippen molar-refractivity contribution < 1.29 is 14.1 Å². The van der Waals surface area contributed by atoms with Gasteiger partial charge >= 0.3 is 6.03 Å². The van der Waals surface area contributed by atoms with E-state index in [0.717, 1.165) is 0 Å². The number of hydrogen-bond donors (Lipinski definition) is 2. The molecular weight excluding hydrogens is 276 g/mol. The van der Waals surface area contributed by atoms with E-state index in [1.807, 2.05) is 20.8 Å². The van der Waals surface area contributed by atoms with Gasteiger partial charge in [0.25, 0.3) is 0 Å². The quantitative estimate of drug-likeness (QED) is 0.898. The zero-order valence-electron chi connectivity index (χ0n) is 12.3. The summed E-state index contributed by atoms with van der Waals surface area (Å²) in [4.78, 5) is 12.4. The molecule has 0 heterocycles. The predicted molar refractivity (Wildman–Crippen MR) is 80.1 cm³/mol. The van der Waals surface area contributed by atoms with Crippen LogP contribution in [0.25, 0.3) is 0 Å². The molecular formula is C14H22N2O3S. The molecule has 2 atom stereocenters. The lowest BCUT2D eigenvalue weighted by Gasteiger charge is -2.29. The molecule has 0 aliphatic rings. The van der Waals surface area contributed by atoms with Crippen LogP contribution in [0.5, 0.6) is 0 Å². The average molecular weight is 298 g/mol. The van der Waals surface area contributed by atoms with Crippen LogP contribution < -0.4 is 5.32 Å². The van der Waals surface area contributed by atoms with E-state index in [9.17, 15) is 14.1 Å². The SMILES string of the molecule is CC(C)(C)C(CO)NC(=O)N=S(C)(=O)c1ccccc1. The van der Waals surface area contributed by atoms with Crippen LogP contribution >= 0.6 is 0 Å². The molecule has 0 aliphatic carbocycles. The Labute approximate surface area is 120 Å². The molecule has 5 nitrogen and oxygen atoms in total. The minimum Gasteiger partial charge on any atom is -0.394 e. The van der Waals surface area contributed by atoms with Gasteiger partial charge in [-0.2, -0.15) is 0 Å². The highest BCUT2D eigenvalue weighted by molar-refractivity contribution is 7.93. The van der Waals surface area contributed by atoms with Crippen molar-refractivity contribution in [2.45, 2.75) is 31.7 Å². The zero-order valence-corrected chi connectivity index (χ0v) is 13.1. The molecule has 20 heavy (non-hydrogen) atoms. The van der Waals surface area contributed by atoms with E-state index in [-0.39, 0.29) is 12.0 Å². The van der Waals surface area contributed by atoms with Crippen LogP contribution in [-0.2, 0) is 9.73 Å². The van der Waals surface area contributed by atoms with Gasteiger partial charge in [0.1, 0.15) is 0 Å². The maximum absolute atomic E-state index is 12.4. The van der Waals surface area contributed by atoms with E-state index in [0.29, 0.717) is 4.90 Å². The number of hydrogen-bond acceptors (Lipinski definition) is 3. The molecule has 2 unspecified atom stereocenters. The van der Waals surface area contributed by atoms with Gasteiger partial charge in [-0.25, -0.2) is 9.00 Å². The van der Waals surface area contributed by atoms with Crippen LogP contribution in [0.3, 0.4) is 0 Å². The number of carbonyl (C=O) groups excluding carboxylic acids is 1. The van der Waals surface area contributed by atoms with Gasteiger partial charge in [0.05, 0.1) is 22.4 Å². The lowest BCUT2D eigenvalue weighted by molar-refractivity contribution is 0.161. The lowest BCUT2D eigenvalue weighted by atomic mass is 9.87. The summed E-state index contributed by atoms with van der Waals surface area (Å²) in [6, 6.07) is 7.54. The van der Waals surface area contributed by atoms with Crippen LogP contribution in [0, 0.1) is 5.41 Å². The Balaban J connectivity index is 2.94. The van der Waals surface area contributed by atoms with Gasteiger partial charge < -0.3 is 10.4 Å². The molecule has 0 aliphatic heterocycles. The van der Waals surface area contributed by atoms with Crippen molar-refractivity contribution >= 4 is 15.8 Å². The number of aliphatic hydroxyl groups excluding tert-OH is 1. The third-order valence-electron chi connectivity index (χ3n) is 2.96. The van der Waals surface area contributed by atoms with Gasteiger partial charge in [-0.15, -0.1) is 4.36 Å². The Kier molecular flexibility index (Phi) is 5.30. The van der Waals surface area contributed by atoms with Crippen molar-refractivity contribution in [3.05, 3.63) is 30.3 Å². The minimum absolute atomic E-state index is 0.193. The Hall–Kier alpha value is -1.40. The summed E-state index contributed by atoms with van der Waals surface area (Å²) in [6.45, 7) is 5.50. The van der Waals surface area contributed by atoms with E-state index in [1.165, 1.54) is 6.26 Å². The molecule has 112 valence electrons. The molecule has 0 bridgehead atoms. The van der Waals surface area contributed by atoms with Gasteiger partial charge in [-0.1, -0.05) is 39.0 Å². The topological polar surface area (TPSA) is 78.8 Å². The summed E-state index contributed by atoms with van der Waals surface area (Å²) >= 11 is 0. The van der Waals surface area contributed by atoms with Crippen molar-refractivity contribution in [3.63, 3.8) is 0 Å². The summed E-state index contributed by atoms with van der Waals surface area (Å²) in [6.07, 6.45) is 1.42. The first-order valence-electron chi connectivity index (χ1n) is 6.35. The molecule has 0 fully saturated rings. The molecule has 0 radical (unpaired) electrons. The molecule has 1 aromatic rings. The number of benzene rings is 1. The largest absolute Gasteiger partial charge is 0.394 e. The number of aliphatic hydroxyl groups is 1. The van der Waals surface area contributed by atoms with Gasteiger partial charge in [0.2, 0.25) is 0 Å². The fourth-order valence-electron chi connectivity index (χ4n) is 1.60. The maximum Gasteiger partial charge on any atom is 0.349 e. The minimum atomic E-state index is -2.78. The fourth-order valence-corrected chi connectivity index (χ4v) is 2.73. The standard InChI is InChI=1S/C14H22N2O3S/c1-14(2,3)12(10-17)15-13(18)16-20(4,19)11-8-6-5-7-9-11/h5-9,12,17H,10H2,1-4H3,(H,15,18). The van der Waals surface area contributed by atoms with Crippen molar-refractivity contribution in [3.8, 4) is 0 Å². The van der Waals surface area contributed by atoms with E-state index in [2.05, 4.69) is 9.68 Å². The van der Waals surface area contributed by atoms with Gasteiger partial charge in [0, 0.05) is 11.2 Å². The first-order valence-corrected chi connectivity index (χ1v) is 8.28. The molecule has 0 saturated carbocycles. The average Bonchev–Trinajstić information content (AvgIpc) is 2.35. The number of nitrogens with zero attached hydrogens (tertiary/aromatic N) is 1. The molecule has 2 N–H and O–H groups in total. The smallest absolute Gasteiger partial charge is 0.349 e. The summed E-state index contributed by atoms with van der Waals surface area (Å²) in [5.41, 5.74) is -0.304. The summed E-state index contributed by atoms with van der Waals surface area (Å²) in [5, 5.41) is 11.9. The first kappa shape index (κ1) is 16.7. The van der Waals surface area contributed by atoms with Crippen LogP contribution in [0.1, 0.15) is 20.8 Å². The molecule has 0 spiro atoms. The molecule has 0 saturated heterocycles. The van der Waals surface area contributed by atoms with Crippen molar-refractivity contribution in [2.75, 3.05) is 12.9 Å². The van der Waals surface area contributed by atoms with Crippen LogP contribution in [0.15, 0.2) is 39.6 Å². The molecule has 1 rings (SSSR count). The second-order valence-electron chi connectivity index (χ2n) is 5.76. The van der Waals surface area contributed by atoms with Crippen molar-refractivity contribution in [1.29, 1.82) is 0 Å². The summed E-state index contributed by atoms with van der Waals surface area (Å²) in [5.74, 6) is 0. The van der Waals surface area contributed by atoms with Gasteiger partial charge in [-0.3, -0.25) is 0 Å². The number of rotatable bonds is 3. The van der Waals surface area contributed by atoms with E-state index in [1.54, 1.807) is 30.3 Å². The van der Waals surface area contributed by atoms with Crippen LogP contribution in [0.2, 0.25) is 0 Å². The number of nitrogens with one attached hydrogen (secondary N) is 1. The third-order valence-corrected chi connectivity index (χ3v) is 4.62. The fraction of sp³-hybridized carbons (Fsp3) is 0.500. The highest BCUT2D eigenvalue weighted by atomic mass is 32.2. The second kappa shape index (κ2) is 6.37. The lowest BCUT2D eigenvalue weighted by Crippen LogP contribution is -2.45. The second-order valence-corrected chi connectivity index (χ2v) is 8.02. The van der Waals surface area contributed by atoms with E-state index < -0.39 is 21.8 Å². The summed E-state index contributed by atoms with van der Waals surface area (Å²) in [7, 11) is -2.78. The number of amides is 2. The van der Waals surface area contributed by atoms with E-state index >= 15 is 0 Å². The zero-order chi connectivity index (χ0) is 15.4. The number of carbonyl (C=O) groups is 1. The first-order chi connectivity index (χ1) is 9.16. The highest BCUT2D eigenvalue weighted by Crippen LogP contribution is 2.19. The van der Waals surface area contributed by atoms with Crippen LogP contribution in [-0.4, -0.2) is 34.3 Å². The Morgan fingerprint density at radius 2 is 1.90 bits per heavy atom. The van der Waals surface area contributed by atoms with Crippen LogP contribution in [0.4, 0.5) is 4.79 Å². The predicted octanol–water partition coefficient (Wildman–Crippen LogP) is 2.26. The third kappa shape index (κ3) is 4.61. The van der Waals surface area contributed by atoms with Gasteiger partial charge in [-0.05, 0) is 17.5 Å². The normalized spacial score (nSPS) is 16.1. The molecule has 1 aromatic carbocycles. The molecule has 2 amide bonds. The van der Waals surface area contributed by atoms with Crippen molar-refractivity contribution in [1.82, 2.24) is 5.32 Å². The Bertz CT molecular complexity index is 570.